The molecule has 82 valence electrons. The molecule has 0 aliphatic carbocycles. The van der Waals surface area contributed by atoms with Crippen LogP contribution in [-0.4, -0.2) is 36.6 Å². The van der Waals surface area contributed by atoms with Crippen molar-refractivity contribution in [3.8, 4) is 0 Å². The quantitative estimate of drug-likeness (QED) is 0.764. The maximum absolute atomic E-state index is 11.5. The van der Waals surface area contributed by atoms with E-state index < -0.39 is 0 Å². The zero-order valence-corrected chi connectivity index (χ0v) is 9.26. The molecule has 0 amide bonds. The summed E-state index contributed by atoms with van der Waals surface area (Å²) in [6, 6.07) is 0.425. The Morgan fingerprint density at radius 2 is 2.67 bits per heavy atom. The van der Waals surface area contributed by atoms with E-state index in [0.717, 1.165) is 13.0 Å². The Bertz CT molecular complexity index is 307. The Morgan fingerprint density at radius 3 is 3.33 bits per heavy atom. The summed E-state index contributed by atoms with van der Waals surface area (Å²) in [4.78, 5) is 15.4. The first kappa shape index (κ1) is 10.7. The van der Waals surface area contributed by atoms with Crippen molar-refractivity contribution in [2.24, 2.45) is 0 Å². The average molecular weight is 226 g/mol. The van der Waals surface area contributed by atoms with Crippen molar-refractivity contribution in [2.45, 2.75) is 18.9 Å². The summed E-state index contributed by atoms with van der Waals surface area (Å²) in [5.74, 6) is -0.0250. The molecule has 1 aromatic rings. The van der Waals surface area contributed by atoms with Crippen molar-refractivity contribution in [2.75, 3.05) is 19.8 Å². The normalized spacial score (nSPS) is 20.7. The standard InChI is InChI=1S/C10H14N2O2S/c13-9(10-12-4-5-15-10)7-14-6-8-2-1-3-11-8/h4-5,8,11H,1-3,6-7H2/t8-/m1/s1. The third kappa shape index (κ3) is 3.09. The van der Waals surface area contributed by atoms with Gasteiger partial charge in [0.2, 0.25) is 5.78 Å². The SMILES string of the molecule is O=C(COC[C@H]1CCCN1)c1nccs1. The fraction of sp³-hybridized carbons (Fsp3) is 0.600. The van der Waals surface area contributed by atoms with Crippen LogP contribution in [0.3, 0.4) is 0 Å². The number of ether oxygens (including phenoxy) is 1. The summed E-state index contributed by atoms with van der Waals surface area (Å²) in [6.45, 7) is 1.83. The van der Waals surface area contributed by atoms with Gasteiger partial charge in [0, 0.05) is 17.6 Å². The van der Waals surface area contributed by atoms with Gasteiger partial charge >= 0.3 is 0 Å². The summed E-state index contributed by atoms with van der Waals surface area (Å²) in [6.07, 6.45) is 3.98. The van der Waals surface area contributed by atoms with E-state index in [1.165, 1.54) is 17.8 Å². The monoisotopic (exact) mass is 226 g/mol. The van der Waals surface area contributed by atoms with Gasteiger partial charge in [0.05, 0.1) is 6.61 Å². The highest BCUT2D eigenvalue weighted by Gasteiger charge is 2.15. The molecule has 0 bridgehead atoms. The number of rotatable bonds is 5. The summed E-state index contributed by atoms with van der Waals surface area (Å²) >= 11 is 1.36. The third-order valence-corrected chi connectivity index (χ3v) is 3.20. The van der Waals surface area contributed by atoms with Gasteiger partial charge in [-0.3, -0.25) is 4.79 Å². The number of aromatic nitrogens is 1. The molecule has 0 spiro atoms. The molecule has 5 heteroatoms. The van der Waals surface area contributed by atoms with E-state index in [-0.39, 0.29) is 12.4 Å². The maximum atomic E-state index is 11.5. The molecule has 2 rings (SSSR count). The van der Waals surface area contributed by atoms with Gasteiger partial charge in [-0.25, -0.2) is 4.98 Å². The predicted octanol–water partition coefficient (Wildman–Crippen LogP) is 1.09. The van der Waals surface area contributed by atoms with E-state index in [2.05, 4.69) is 10.3 Å². The lowest BCUT2D eigenvalue weighted by Gasteiger charge is -2.09. The highest BCUT2D eigenvalue weighted by atomic mass is 32.1. The summed E-state index contributed by atoms with van der Waals surface area (Å²) in [5.41, 5.74) is 0. The molecule has 15 heavy (non-hydrogen) atoms. The van der Waals surface area contributed by atoms with Crippen molar-refractivity contribution in [3.05, 3.63) is 16.6 Å². The Kier molecular flexibility index (Phi) is 3.82. The van der Waals surface area contributed by atoms with Gasteiger partial charge in [-0.05, 0) is 19.4 Å². The largest absolute Gasteiger partial charge is 0.372 e. The Balaban J connectivity index is 1.67. The van der Waals surface area contributed by atoms with Crippen LogP contribution in [0.25, 0.3) is 0 Å². The molecule has 1 fully saturated rings. The van der Waals surface area contributed by atoms with Crippen molar-refractivity contribution in [1.29, 1.82) is 0 Å². The second kappa shape index (κ2) is 5.34. The number of Topliss-reactive ketones (excluding diaryl/α,β-unsaturated/α-hetero) is 1. The molecule has 1 aliphatic heterocycles. The van der Waals surface area contributed by atoms with Crippen LogP contribution in [0.2, 0.25) is 0 Å². The summed E-state index contributed by atoms with van der Waals surface area (Å²) in [7, 11) is 0. The summed E-state index contributed by atoms with van der Waals surface area (Å²) < 4.78 is 5.36. The highest BCUT2D eigenvalue weighted by Crippen LogP contribution is 2.07. The molecule has 1 saturated heterocycles. The number of hydrogen-bond donors (Lipinski definition) is 1. The molecule has 1 aromatic heterocycles. The Hall–Kier alpha value is -0.780. The molecule has 0 radical (unpaired) electrons. The molecule has 1 N–H and O–H groups in total. The van der Waals surface area contributed by atoms with Gasteiger partial charge in [-0.2, -0.15) is 0 Å². The van der Waals surface area contributed by atoms with Crippen LogP contribution in [-0.2, 0) is 4.74 Å². The molecule has 0 saturated carbocycles. The molecule has 4 nitrogen and oxygen atoms in total. The molecule has 1 atom stereocenters. The Labute approximate surface area is 92.7 Å². The van der Waals surface area contributed by atoms with E-state index in [9.17, 15) is 4.79 Å². The number of carbonyl (C=O) groups is 1. The van der Waals surface area contributed by atoms with E-state index in [0.29, 0.717) is 17.7 Å². The second-order valence-corrected chi connectivity index (χ2v) is 4.46. The first-order chi connectivity index (χ1) is 7.36. The fourth-order valence-corrected chi connectivity index (χ4v) is 2.18. The van der Waals surface area contributed by atoms with Gasteiger partial charge in [0.1, 0.15) is 6.61 Å². The number of nitrogens with one attached hydrogen (secondary N) is 1. The molecular weight excluding hydrogens is 212 g/mol. The molecule has 2 heterocycles. The van der Waals surface area contributed by atoms with Crippen LogP contribution in [0.1, 0.15) is 22.6 Å². The first-order valence-electron chi connectivity index (χ1n) is 5.10. The van der Waals surface area contributed by atoms with E-state index in [1.54, 1.807) is 11.6 Å². The molecule has 1 aliphatic rings. The van der Waals surface area contributed by atoms with Gasteiger partial charge in [-0.1, -0.05) is 0 Å². The lowest BCUT2D eigenvalue weighted by molar-refractivity contribution is 0.0723. The van der Waals surface area contributed by atoms with Crippen LogP contribution in [0.4, 0.5) is 0 Å². The summed E-state index contributed by atoms with van der Waals surface area (Å²) in [5, 5.41) is 5.65. The minimum Gasteiger partial charge on any atom is -0.372 e. The zero-order chi connectivity index (χ0) is 10.5. The van der Waals surface area contributed by atoms with E-state index in [1.807, 2.05) is 0 Å². The maximum Gasteiger partial charge on any atom is 0.216 e. The van der Waals surface area contributed by atoms with Crippen molar-refractivity contribution >= 4 is 17.1 Å². The van der Waals surface area contributed by atoms with Gasteiger partial charge in [0.25, 0.3) is 0 Å². The van der Waals surface area contributed by atoms with Crippen LogP contribution in [0.15, 0.2) is 11.6 Å². The van der Waals surface area contributed by atoms with Gasteiger partial charge in [-0.15, -0.1) is 11.3 Å². The van der Waals surface area contributed by atoms with Crippen LogP contribution in [0, 0.1) is 0 Å². The lowest BCUT2D eigenvalue weighted by atomic mass is 10.2. The number of thiazole rings is 1. The van der Waals surface area contributed by atoms with Gasteiger partial charge in [0.15, 0.2) is 5.01 Å². The average Bonchev–Trinajstić information content (AvgIpc) is 2.90. The van der Waals surface area contributed by atoms with E-state index >= 15 is 0 Å². The second-order valence-electron chi connectivity index (χ2n) is 3.57. The third-order valence-electron chi connectivity index (χ3n) is 2.39. The van der Waals surface area contributed by atoms with Crippen LogP contribution < -0.4 is 5.32 Å². The Morgan fingerprint density at radius 1 is 1.73 bits per heavy atom. The van der Waals surface area contributed by atoms with E-state index in [4.69, 9.17) is 4.74 Å². The minimum atomic E-state index is -0.0250. The zero-order valence-electron chi connectivity index (χ0n) is 8.44. The minimum absolute atomic E-state index is 0.0250. The predicted molar refractivity (Wildman–Crippen MR) is 58.3 cm³/mol. The number of ketones is 1. The van der Waals surface area contributed by atoms with Gasteiger partial charge < -0.3 is 10.1 Å². The van der Waals surface area contributed by atoms with Crippen molar-refractivity contribution < 1.29 is 9.53 Å². The molecular formula is C10H14N2O2S. The van der Waals surface area contributed by atoms with Crippen LogP contribution in [0.5, 0.6) is 0 Å². The fourth-order valence-electron chi connectivity index (χ4n) is 1.62. The molecule has 0 unspecified atom stereocenters. The van der Waals surface area contributed by atoms with Crippen LogP contribution >= 0.6 is 11.3 Å². The topological polar surface area (TPSA) is 51.2 Å². The van der Waals surface area contributed by atoms with Crippen molar-refractivity contribution in [3.63, 3.8) is 0 Å². The lowest BCUT2D eigenvalue weighted by Crippen LogP contribution is -2.27. The first-order valence-corrected chi connectivity index (χ1v) is 5.98. The van der Waals surface area contributed by atoms with Crippen molar-refractivity contribution in [1.82, 2.24) is 10.3 Å². The number of nitrogens with zero attached hydrogens (tertiary/aromatic N) is 1. The highest BCUT2D eigenvalue weighted by molar-refractivity contribution is 7.11. The number of hydrogen-bond acceptors (Lipinski definition) is 5. The molecule has 0 aromatic carbocycles. The number of carbonyl (C=O) groups excluding carboxylic acids is 1. The smallest absolute Gasteiger partial charge is 0.216 e.